The van der Waals surface area contributed by atoms with Crippen molar-refractivity contribution in [3.63, 3.8) is 0 Å². The van der Waals surface area contributed by atoms with Crippen LogP contribution in [0.4, 0.5) is 0 Å². The van der Waals surface area contributed by atoms with Crippen LogP contribution in [0.25, 0.3) is 0 Å². The quantitative estimate of drug-likeness (QED) is 0.0933. The second-order valence-corrected chi connectivity index (χ2v) is 8.51. The van der Waals surface area contributed by atoms with E-state index in [4.69, 9.17) is 9.79 Å². The van der Waals surface area contributed by atoms with E-state index in [1.165, 1.54) is 70.6 Å². The molecule has 0 rings (SSSR count). The Morgan fingerprint density at radius 3 is 1.37 bits per heavy atom. The number of hydrogen-bond donors (Lipinski definition) is 2. The van der Waals surface area contributed by atoms with Crippen LogP contribution in [0.3, 0.4) is 0 Å². The Balaban J connectivity index is -0.00000104. The molecule has 27 heavy (non-hydrogen) atoms. The van der Waals surface area contributed by atoms with Crippen molar-refractivity contribution < 1.29 is 53.5 Å². The summed E-state index contributed by atoms with van der Waals surface area (Å²) in [5, 5.41) is 0. The first-order chi connectivity index (χ1) is 12.3. The molecule has 0 fully saturated rings. The fourth-order valence-electron chi connectivity index (χ4n) is 2.46. The summed E-state index contributed by atoms with van der Waals surface area (Å²) in [6.07, 6.45) is 17.8. The van der Waals surface area contributed by atoms with Crippen molar-refractivity contribution in [3.05, 3.63) is 6.92 Å². The van der Waals surface area contributed by atoms with Crippen molar-refractivity contribution in [3.8, 4) is 0 Å². The summed E-state index contributed by atoms with van der Waals surface area (Å²) in [6.45, 7) is 10.2. The monoisotopic (exact) mass is 418 g/mol. The molecule has 5 nitrogen and oxygen atoms in total. The van der Waals surface area contributed by atoms with Gasteiger partial charge < -0.3 is 16.7 Å². The van der Waals surface area contributed by atoms with E-state index in [2.05, 4.69) is 37.3 Å². The fourth-order valence-corrected chi connectivity index (χ4v) is 2.67. The molecule has 0 aromatic heterocycles. The van der Waals surface area contributed by atoms with Crippen molar-refractivity contribution >= 4 is 7.82 Å². The number of unbranched alkanes of at least 4 members (excludes halogenated alkanes) is 13. The predicted octanol–water partition coefficient (Wildman–Crippen LogP) is 3.99. The number of hydrogen-bond acceptors (Lipinski definition) is 3. The van der Waals surface area contributed by atoms with E-state index in [1.54, 1.807) is 0 Å². The van der Waals surface area contributed by atoms with E-state index < -0.39 is 7.82 Å². The van der Waals surface area contributed by atoms with Gasteiger partial charge in [-0.2, -0.15) is 5.92 Å². The van der Waals surface area contributed by atoms with Gasteiger partial charge in [-0.3, -0.25) is 0 Å². The zero-order chi connectivity index (χ0) is 20.1. The Bertz CT molecular complexity index is 308. The van der Waals surface area contributed by atoms with Crippen LogP contribution in [-0.2, 0) is 14.1 Å². The van der Waals surface area contributed by atoms with Gasteiger partial charge in [-0.15, -0.1) is 4.67 Å². The zero-order valence-corrected chi connectivity index (χ0v) is 21.4. The van der Waals surface area contributed by atoms with Gasteiger partial charge in [0, 0.05) is 0 Å². The van der Waals surface area contributed by atoms with Crippen molar-refractivity contribution in [2.24, 2.45) is 5.92 Å². The molecule has 0 aliphatic heterocycles. The second kappa shape index (κ2) is 25.1. The molecule has 0 saturated heterocycles. The first-order valence-corrected chi connectivity index (χ1v) is 12.0. The number of rotatable bonds is 17. The minimum atomic E-state index is -4.48. The molecule has 0 spiro atoms. The smallest absolute Gasteiger partial charge is 0.341 e. The van der Waals surface area contributed by atoms with Crippen LogP contribution in [0.2, 0.25) is 0 Å². The van der Waals surface area contributed by atoms with Crippen LogP contribution in [0.15, 0.2) is 0 Å². The average molecular weight is 419 g/mol. The Hall–Kier alpha value is 1.07. The SMILES string of the molecule is CCCCCCCCCCCCCCCCOOP(=O)(O)O.[CH2-]C(C)C.[Na+]. The second-order valence-electron chi connectivity index (χ2n) is 7.38. The molecule has 0 saturated carbocycles. The molecule has 0 aromatic carbocycles. The van der Waals surface area contributed by atoms with Gasteiger partial charge in [0.05, 0.1) is 6.61 Å². The molecule has 0 amide bonds. The van der Waals surface area contributed by atoms with Gasteiger partial charge in [-0.25, -0.2) is 9.45 Å². The molecule has 0 bridgehead atoms. The predicted molar refractivity (Wildman–Crippen MR) is 110 cm³/mol. The van der Waals surface area contributed by atoms with Gasteiger partial charge in [0.25, 0.3) is 0 Å². The van der Waals surface area contributed by atoms with Crippen LogP contribution in [0.1, 0.15) is 111 Å². The van der Waals surface area contributed by atoms with E-state index in [0.717, 1.165) is 19.3 Å². The first kappa shape index (κ1) is 32.7. The molecule has 0 aliphatic rings. The Labute approximate surface area is 190 Å². The fraction of sp³-hybridized carbons (Fsp3) is 0.950. The molecule has 0 aromatic rings. The molecule has 2 N–H and O–H groups in total. The molecule has 0 unspecified atom stereocenters. The third-order valence-corrected chi connectivity index (χ3v) is 4.03. The first-order valence-electron chi connectivity index (χ1n) is 10.5. The zero-order valence-electron chi connectivity index (χ0n) is 18.5. The maximum absolute atomic E-state index is 10.3. The molecule has 0 radical (unpaired) electrons. The van der Waals surface area contributed by atoms with Crippen LogP contribution >= 0.6 is 7.82 Å². The molecular formula is C20H44NaO5P. The molecule has 7 heteroatoms. The third kappa shape index (κ3) is 42.2. The minimum absolute atomic E-state index is 0. The van der Waals surface area contributed by atoms with E-state index in [9.17, 15) is 4.57 Å². The largest absolute Gasteiger partial charge is 1.00 e. The average Bonchev–Trinajstić information content (AvgIpc) is 2.53. The summed E-state index contributed by atoms with van der Waals surface area (Å²) in [6, 6.07) is 0. The van der Waals surface area contributed by atoms with Crippen LogP contribution in [-0.4, -0.2) is 16.4 Å². The van der Waals surface area contributed by atoms with Crippen LogP contribution in [0, 0.1) is 12.8 Å². The summed E-state index contributed by atoms with van der Waals surface area (Å²) in [5.74, 6) is 0.583. The van der Waals surface area contributed by atoms with Crippen molar-refractivity contribution in [1.82, 2.24) is 0 Å². The van der Waals surface area contributed by atoms with E-state index in [1.807, 2.05) is 0 Å². The van der Waals surface area contributed by atoms with Crippen molar-refractivity contribution in [2.75, 3.05) is 6.61 Å². The third-order valence-electron chi connectivity index (χ3n) is 3.73. The Morgan fingerprint density at radius 2 is 1.07 bits per heavy atom. The molecule has 0 heterocycles. The maximum atomic E-state index is 10.3. The normalized spacial score (nSPS) is 11.1. The minimum Gasteiger partial charge on any atom is -0.341 e. The summed E-state index contributed by atoms with van der Waals surface area (Å²) in [7, 11) is -4.48. The van der Waals surface area contributed by atoms with Gasteiger partial charge >= 0.3 is 37.4 Å². The van der Waals surface area contributed by atoms with Crippen LogP contribution < -0.4 is 29.6 Å². The van der Waals surface area contributed by atoms with Crippen molar-refractivity contribution in [1.29, 1.82) is 0 Å². The molecular weight excluding hydrogens is 374 g/mol. The van der Waals surface area contributed by atoms with Gasteiger partial charge in [-0.05, 0) is 6.42 Å². The van der Waals surface area contributed by atoms with E-state index in [-0.39, 0.29) is 36.2 Å². The summed E-state index contributed by atoms with van der Waals surface area (Å²) in [4.78, 5) is 21.2. The topological polar surface area (TPSA) is 76.0 Å². The molecule has 0 aliphatic carbocycles. The van der Waals surface area contributed by atoms with Gasteiger partial charge in [0.15, 0.2) is 0 Å². The standard InChI is InChI=1S/C16H35O5P.C4H9.Na/c1-2-3-4-5-6-7-8-9-10-11-12-13-14-15-16-20-21-22(17,18)19;1-4(2)3;/h2-16H2,1H3,(H2,17,18,19);4H,1H2,2-3H3;/q;-1;+1. The van der Waals surface area contributed by atoms with Crippen molar-refractivity contribution in [2.45, 2.75) is 111 Å². The van der Waals surface area contributed by atoms with Gasteiger partial charge in [-0.1, -0.05) is 104 Å². The van der Waals surface area contributed by atoms with E-state index in [0.29, 0.717) is 5.92 Å². The van der Waals surface area contributed by atoms with Gasteiger partial charge in [0.1, 0.15) is 0 Å². The summed E-state index contributed by atoms with van der Waals surface area (Å²) in [5.41, 5.74) is 0. The Kier molecular flexibility index (Phi) is 30.4. The summed E-state index contributed by atoms with van der Waals surface area (Å²) >= 11 is 0. The maximum Gasteiger partial charge on any atom is 1.00 e. The molecule has 160 valence electrons. The summed E-state index contributed by atoms with van der Waals surface area (Å²) < 4.78 is 14.2. The van der Waals surface area contributed by atoms with Crippen LogP contribution in [0.5, 0.6) is 0 Å². The Morgan fingerprint density at radius 1 is 0.778 bits per heavy atom. The number of phosphoric acid groups is 1. The molecule has 0 atom stereocenters. The van der Waals surface area contributed by atoms with Gasteiger partial charge in [0.2, 0.25) is 0 Å². The van der Waals surface area contributed by atoms with E-state index >= 15 is 0 Å².